The van der Waals surface area contributed by atoms with E-state index in [-0.39, 0.29) is 0 Å². The van der Waals surface area contributed by atoms with Gasteiger partial charge in [0.1, 0.15) is 16.1 Å². The van der Waals surface area contributed by atoms with E-state index < -0.39 is 39.6 Å². The molecule has 0 bridgehead atoms. The maximum atomic E-state index is 13.6. The van der Waals surface area contributed by atoms with Crippen molar-refractivity contribution in [3.63, 3.8) is 0 Å². The molecule has 0 radical (unpaired) electrons. The highest BCUT2D eigenvalue weighted by atomic mass is 28.3. The van der Waals surface area contributed by atoms with Crippen LogP contribution in [0, 0.1) is 22.9 Å². The van der Waals surface area contributed by atoms with E-state index in [1.807, 2.05) is 12.1 Å². The molecule has 0 unspecified atom stereocenters. The zero-order valence-corrected chi connectivity index (χ0v) is 33.5. The molecule has 50 heavy (non-hydrogen) atoms. The largest absolute Gasteiger partial charge is 0.416 e. The molecule has 270 valence electrons. The molecule has 0 saturated carbocycles. The zero-order valence-electron chi connectivity index (χ0n) is 31.5. The zero-order chi connectivity index (χ0) is 38.0. The molecule has 0 nitrogen and oxygen atoms in total. The lowest BCUT2D eigenvalue weighted by molar-refractivity contribution is -0.138. The van der Waals surface area contributed by atoms with Crippen molar-refractivity contribution in [1.82, 2.24) is 0 Å². The van der Waals surface area contributed by atoms with E-state index in [0.717, 1.165) is 24.3 Å². The summed E-state index contributed by atoms with van der Waals surface area (Å²) >= 11 is 0. The Morgan fingerprint density at radius 3 is 0.860 bits per heavy atom. The van der Waals surface area contributed by atoms with Crippen LogP contribution in [0.2, 0.25) is 33.2 Å². The quantitative estimate of drug-likeness (QED) is 0.123. The Kier molecular flexibility index (Phi) is 12.8. The molecule has 0 fully saturated rings. The van der Waals surface area contributed by atoms with E-state index in [9.17, 15) is 26.3 Å². The highest BCUT2D eigenvalue weighted by molar-refractivity contribution is 6.91. The first kappa shape index (κ1) is 41.2. The van der Waals surface area contributed by atoms with Gasteiger partial charge in [0.2, 0.25) is 0 Å². The highest BCUT2D eigenvalue weighted by Crippen LogP contribution is 2.43. The number of benzene rings is 3. The normalized spacial score (nSPS) is 13.0. The molecule has 3 aromatic carbocycles. The first-order chi connectivity index (χ1) is 23.0. The molecular formula is C42H52F6Si2. The first-order valence-electron chi connectivity index (χ1n) is 17.6. The van der Waals surface area contributed by atoms with Crippen LogP contribution >= 0.6 is 0 Å². The van der Waals surface area contributed by atoms with Crippen molar-refractivity contribution in [2.24, 2.45) is 0 Å². The Hall–Kier alpha value is -3.21. The van der Waals surface area contributed by atoms with E-state index >= 15 is 0 Å². The molecule has 0 aromatic heterocycles. The minimum Gasteiger partial charge on any atom is -0.166 e. The van der Waals surface area contributed by atoms with E-state index in [1.165, 1.54) is 24.3 Å². The number of hydrogen-bond acceptors (Lipinski definition) is 0. The van der Waals surface area contributed by atoms with E-state index in [0.29, 0.717) is 66.6 Å². The summed E-state index contributed by atoms with van der Waals surface area (Å²) in [6.07, 6.45) is -8.97. The standard InChI is InChI=1S/C42H52F6Si2/c1-27(2)49(28(3)4,29(5)6)23-21-35-25-40(34-15-19-38(20-16-34)42(46,47)48)36(22-24-50(30(7)8,31(9)10)32(11)12)26-39(35)33-13-17-37(18-14-33)41(43,44)45/h13-20,25-32H,1-12H3. The minimum absolute atomic E-state index is 0.338. The van der Waals surface area contributed by atoms with Crippen LogP contribution < -0.4 is 0 Å². The lowest BCUT2D eigenvalue weighted by Crippen LogP contribution is -2.43. The molecule has 3 aromatic rings. The smallest absolute Gasteiger partial charge is 0.166 e. The van der Waals surface area contributed by atoms with Gasteiger partial charge in [-0.25, -0.2) is 0 Å². The van der Waals surface area contributed by atoms with Gasteiger partial charge in [-0.2, -0.15) is 26.3 Å². The second-order valence-electron chi connectivity index (χ2n) is 15.4. The minimum atomic E-state index is -4.49. The van der Waals surface area contributed by atoms with Gasteiger partial charge in [-0.3, -0.25) is 0 Å². The molecule has 3 rings (SSSR count). The van der Waals surface area contributed by atoms with Crippen molar-refractivity contribution < 1.29 is 26.3 Å². The number of rotatable bonds is 8. The first-order valence-corrected chi connectivity index (χ1v) is 22.1. The average Bonchev–Trinajstić information content (AvgIpc) is 3.00. The topological polar surface area (TPSA) is 0 Å². The van der Waals surface area contributed by atoms with Crippen molar-refractivity contribution in [3.05, 3.63) is 82.9 Å². The van der Waals surface area contributed by atoms with E-state index in [4.69, 9.17) is 0 Å². The second-order valence-corrected chi connectivity index (χ2v) is 26.5. The molecule has 0 amide bonds. The predicted molar refractivity (Wildman–Crippen MR) is 203 cm³/mol. The Labute approximate surface area is 298 Å². The van der Waals surface area contributed by atoms with Crippen LogP contribution in [0.25, 0.3) is 22.3 Å². The summed E-state index contributed by atoms with van der Waals surface area (Å²) in [5.74, 6) is 7.02. The van der Waals surface area contributed by atoms with Gasteiger partial charge < -0.3 is 0 Å². The molecule has 0 aliphatic carbocycles. The van der Waals surface area contributed by atoms with Crippen LogP contribution in [0.1, 0.15) is 105 Å². The fourth-order valence-corrected chi connectivity index (χ4v) is 18.6. The molecule has 0 aliphatic rings. The lowest BCUT2D eigenvalue weighted by atomic mass is 9.90. The number of hydrogen-bond donors (Lipinski definition) is 0. The van der Waals surface area contributed by atoms with Gasteiger partial charge in [0, 0.05) is 11.1 Å². The van der Waals surface area contributed by atoms with Crippen LogP contribution in [0.15, 0.2) is 60.7 Å². The monoisotopic (exact) mass is 726 g/mol. The van der Waals surface area contributed by atoms with Crippen LogP contribution in [0.3, 0.4) is 0 Å². The maximum Gasteiger partial charge on any atom is 0.416 e. The van der Waals surface area contributed by atoms with E-state index in [2.05, 4.69) is 106 Å². The Balaban J connectivity index is 2.54. The van der Waals surface area contributed by atoms with Crippen molar-refractivity contribution in [3.8, 4) is 45.2 Å². The third kappa shape index (κ3) is 8.46. The summed E-state index contributed by atoms with van der Waals surface area (Å²) < 4.78 is 81.6. The van der Waals surface area contributed by atoms with Crippen molar-refractivity contribution >= 4 is 16.1 Å². The fraction of sp³-hybridized carbons (Fsp3) is 0.476. The number of halogens is 6. The van der Waals surface area contributed by atoms with Gasteiger partial charge >= 0.3 is 12.4 Å². The van der Waals surface area contributed by atoms with Crippen LogP contribution in [0.5, 0.6) is 0 Å². The van der Waals surface area contributed by atoms with Gasteiger partial charge in [0.25, 0.3) is 0 Å². The van der Waals surface area contributed by atoms with Crippen molar-refractivity contribution in [1.29, 1.82) is 0 Å². The summed E-state index contributed by atoms with van der Waals surface area (Å²) in [5, 5.41) is 0. The summed E-state index contributed by atoms with van der Waals surface area (Å²) in [7, 11) is -4.48. The molecule has 0 spiro atoms. The van der Waals surface area contributed by atoms with Crippen molar-refractivity contribution in [2.75, 3.05) is 0 Å². The summed E-state index contributed by atoms with van der Waals surface area (Å²) in [6.45, 7) is 26.5. The fourth-order valence-electron chi connectivity index (χ4n) is 8.18. The lowest BCUT2D eigenvalue weighted by Gasteiger charge is -2.38. The Morgan fingerprint density at radius 2 is 0.660 bits per heavy atom. The van der Waals surface area contributed by atoms with Crippen LogP contribution in [-0.4, -0.2) is 16.1 Å². The van der Waals surface area contributed by atoms with Gasteiger partial charge in [-0.1, -0.05) is 119 Å². The molecule has 0 saturated heterocycles. The predicted octanol–water partition coefficient (Wildman–Crippen LogP) is 14.2. The molecule has 0 aliphatic heterocycles. The van der Waals surface area contributed by atoms with Crippen molar-refractivity contribution in [2.45, 2.75) is 129 Å². The third-order valence-electron chi connectivity index (χ3n) is 10.8. The van der Waals surface area contributed by atoms with Gasteiger partial charge in [0.05, 0.1) is 11.1 Å². The Bertz CT molecular complexity index is 1560. The average molecular weight is 727 g/mol. The van der Waals surface area contributed by atoms with Gasteiger partial charge in [0.15, 0.2) is 0 Å². The maximum absolute atomic E-state index is 13.6. The summed E-state index contributed by atoms with van der Waals surface area (Å²) in [6, 6.07) is 13.9. The highest BCUT2D eigenvalue weighted by Gasteiger charge is 2.43. The van der Waals surface area contributed by atoms with Crippen LogP contribution in [-0.2, 0) is 12.4 Å². The Morgan fingerprint density at radius 1 is 0.420 bits per heavy atom. The summed E-state index contributed by atoms with van der Waals surface area (Å²) in [5.41, 5.74) is 11.7. The number of alkyl halides is 6. The molecule has 8 heteroatoms. The summed E-state index contributed by atoms with van der Waals surface area (Å²) in [4.78, 5) is 0. The third-order valence-corrected chi connectivity index (χ3v) is 23.3. The molecule has 0 N–H and O–H groups in total. The molecule has 0 atom stereocenters. The molecular weight excluding hydrogens is 675 g/mol. The van der Waals surface area contributed by atoms with E-state index in [1.54, 1.807) is 0 Å². The molecule has 0 heterocycles. The SMILES string of the molecule is CC(C)[Si](C#Cc1cc(-c2ccc(C(F)(F)F)cc2)c(C#C[Si](C(C)C)(C(C)C)C(C)C)cc1-c1ccc(C(F)(F)F)cc1)(C(C)C)C(C)C. The second kappa shape index (κ2) is 15.6. The van der Waals surface area contributed by atoms with Crippen LogP contribution in [0.4, 0.5) is 26.3 Å². The van der Waals surface area contributed by atoms with Gasteiger partial charge in [-0.05, 0) is 91.9 Å². The van der Waals surface area contributed by atoms with Gasteiger partial charge in [-0.15, -0.1) is 11.1 Å².